The van der Waals surface area contributed by atoms with Crippen LogP contribution in [0.1, 0.15) is 43.4 Å². The molecule has 1 unspecified atom stereocenters. The number of benzene rings is 1. The van der Waals surface area contributed by atoms with Gasteiger partial charge in [0, 0.05) is 18.7 Å². The molecule has 0 N–H and O–H groups in total. The molecule has 0 amide bonds. The molecule has 1 atom stereocenters. The maximum absolute atomic E-state index is 5.11. The van der Waals surface area contributed by atoms with E-state index in [2.05, 4.69) is 43.6 Å². The number of nitrogens with zero attached hydrogens (tertiary/aromatic N) is 8. The van der Waals surface area contributed by atoms with E-state index in [9.17, 15) is 0 Å². The highest BCUT2D eigenvalue weighted by Crippen LogP contribution is 2.49. The molecule has 3 aliphatic rings. The summed E-state index contributed by atoms with van der Waals surface area (Å²) in [5.74, 6) is 4.54. The molecule has 0 saturated carbocycles. The minimum Gasteiger partial charge on any atom is -0.342 e. The molecule has 0 radical (unpaired) electrons. The van der Waals surface area contributed by atoms with Crippen molar-refractivity contribution in [2.24, 2.45) is 4.99 Å². The van der Waals surface area contributed by atoms with Crippen molar-refractivity contribution in [3.8, 4) is 5.69 Å². The molecule has 6 rings (SSSR count). The third kappa shape index (κ3) is 2.24. The van der Waals surface area contributed by atoms with Crippen LogP contribution in [0.25, 0.3) is 5.69 Å². The Morgan fingerprint density at radius 1 is 1.10 bits per heavy atom. The van der Waals surface area contributed by atoms with E-state index in [1.54, 1.807) is 0 Å². The molecule has 1 saturated heterocycles. The van der Waals surface area contributed by atoms with Gasteiger partial charge in [-0.05, 0) is 26.2 Å². The maximum atomic E-state index is 5.11. The van der Waals surface area contributed by atoms with Gasteiger partial charge in [-0.2, -0.15) is 4.98 Å². The summed E-state index contributed by atoms with van der Waals surface area (Å²) < 4.78 is 2.15. The monoisotopic (exact) mass is 400 g/mol. The summed E-state index contributed by atoms with van der Waals surface area (Å²) in [5.41, 5.74) is 1.93. The fraction of sp³-hybridized carbons (Fsp3) is 0.409. The first-order chi connectivity index (χ1) is 14.7. The van der Waals surface area contributed by atoms with Crippen LogP contribution in [0, 0.1) is 6.92 Å². The van der Waals surface area contributed by atoms with Crippen molar-refractivity contribution in [1.29, 1.82) is 0 Å². The van der Waals surface area contributed by atoms with Crippen LogP contribution in [-0.2, 0) is 5.54 Å². The van der Waals surface area contributed by atoms with Crippen LogP contribution in [0.4, 0.5) is 11.8 Å². The lowest BCUT2D eigenvalue weighted by molar-refractivity contribution is 0.381. The van der Waals surface area contributed by atoms with Gasteiger partial charge in [-0.3, -0.25) is 14.5 Å². The number of aliphatic imine (C=N–C) groups is 1. The second-order valence-corrected chi connectivity index (χ2v) is 8.15. The lowest BCUT2D eigenvalue weighted by Gasteiger charge is -2.42. The van der Waals surface area contributed by atoms with E-state index in [1.165, 1.54) is 0 Å². The first-order valence-electron chi connectivity index (χ1n) is 10.7. The molecule has 3 aliphatic heterocycles. The lowest BCUT2D eigenvalue weighted by atomic mass is 9.90. The van der Waals surface area contributed by atoms with Gasteiger partial charge >= 0.3 is 0 Å². The molecule has 1 aromatic carbocycles. The van der Waals surface area contributed by atoms with E-state index in [4.69, 9.17) is 15.0 Å². The van der Waals surface area contributed by atoms with E-state index in [1.807, 2.05) is 31.3 Å². The topological polar surface area (TPSA) is 75.3 Å². The number of fused-ring (bicyclic) bond motifs is 6. The molecule has 5 heterocycles. The Kier molecular flexibility index (Phi) is 3.72. The second kappa shape index (κ2) is 6.35. The number of hydrogen-bond donors (Lipinski definition) is 0. The fourth-order valence-corrected chi connectivity index (χ4v) is 5.22. The van der Waals surface area contributed by atoms with Gasteiger partial charge in [-0.15, -0.1) is 10.2 Å². The number of rotatable bonds is 3. The zero-order chi connectivity index (χ0) is 20.3. The van der Waals surface area contributed by atoms with Crippen LogP contribution < -0.4 is 9.80 Å². The highest BCUT2D eigenvalue weighted by molar-refractivity contribution is 6.10. The van der Waals surface area contributed by atoms with Gasteiger partial charge in [0.25, 0.3) is 0 Å². The van der Waals surface area contributed by atoms with E-state index in [-0.39, 0.29) is 5.54 Å². The van der Waals surface area contributed by atoms with E-state index < -0.39 is 0 Å². The number of anilines is 2. The third-order valence-corrected chi connectivity index (χ3v) is 6.66. The summed E-state index contributed by atoms with van der Waals surface area (Å²) in [5, 5.41) is 8.98. The highest BCUT2D eigenvalue weighted by atomic mass is 15.4. The zero-order valence-corrected chi connectivity index (χ0v) is 17.3. The van der Waals surface area contributed by atoms with E-state index in [0.29, 0.717) is 5.95 Å². The third-order valence-electron chi connectivity index (χ3n) is 6.66. The molecule has 3 aromatic rings. The summed E-state index contributed by atoms with van der Waals surface area (Å²) in [6.45, 7) is 6.76. The Hall–Kier alpha value is -3.29. The van der Waals surface area contributed by atoms with Crippen molar-refractivity contribution >= 4 is 17.6 Å². The number of amidine groups is 1. The summed E-state index contributed by atoms with van der Waals surface area (Å²) in [6.07, 6.45) is 5.10. The average molecular weight is 400 g/mol. The second-order valence-electron chi connectivity index (χ2n) is 8.15. The largest absolute Gasteiger partial charge is 0.342 e. The molecular weight excluding hydrogens is 376 g/mol. The van der Waals surface area contributed by atoms with Crippen LogP contribution in [0.2, 0.25) is 0 Å². The fourth-order valence-electron chi connectivity index (χ4n) is 5.22. The maximum Gasteiger partial charge on any atom is 0.233 e. The Balaban J connectivity index is 1.49. The van der Waals surface area contributed by atoms with Gasteiger partial charge in [0.15, 0.2) is 11.6 Å². The Morgan fingerprint density at radius 2 is 1.97 bits per heavy atom. The summed E-state index contributed by atoms with van der Waals surface area (Å²) in [6, 6.07) is 10.3. The predicted octanol–water partition coefficient (Wildman–Crippen LogP) is 2.85. The molecular formula is C22H24N8. The van der Waals surface area contributed by atoms with Gasteiger partial charge in [-0.25, -0.2) is 4.98 Å². The normalized spacial score (nSPS) is 22.0. The molecule has 2 aromatic heterocycles. The summed E-state index contributed by atoms with van der Waals surface area (Å²) in [7, 11) is 0. The summed E-state index contributed by atoms with van der Waals surface area (Å²) in [4.78, 5) is 19.2. The predicted molar refractivity (Wildman–Crippen MR) is 115 cm³/mol. The summed E-state index contributed by atoms with van der Waals surface area (Å²) >= 11 is 0. The van der Waals surface area contributed by atoms with Crippen LogP contribution in [0.15, 0.2) is 41.5 Å². The van der Waals surface area contributed by atoms with Gasteiger partial charge < -0.3 is 4.90 Å². The van der Waals surface area contributed by atoms with Crippen molar-refractivity contribution in [3.05, 3.63) is 53.7 Å². The smallest absolute Gasteiger partial charge is 0.233 e. The quantitative estimate of drug-likeness (QED) is 0.673. The van der Waals surface area contributed by atoms with Crippen molar-refractivity contribution < 1.29 is 0 Å². The lowest BCUT2D eigenvalue weighted by Crippen LogP contribution is -2.47. The average Bonchev–Trinajstić information content (AvgIpc) is 3.52. The van der Waals surface area contributed by atoms with Crippen molar-refractivity contribution in [2.75, 3.05) is 29.4 Å². The van der Waals surface area contributed by atoms with Crippen LogP contribution in [0.3, 0.4) is 0 Å². The molecule has 0 spiro atoms. The molecule has 0 bridgehead atoms. The van der Waals surface area contributed by atoms with Crippen molar-refractivity contribution in [1.82, 2.24) is 24.7 Å². The Bertz CT molecular complexity index is 1150. The number of hydrogen-bond acceptors (Lipinski definition) is 7. The Morgan fingerprint density at radius 3 is 2.80 bits per heavy atom. The van der Waals surface area contributed by atoms with Gasteiger partial charge in [-0.1, -0.05) is 37.3 Å². The molecule has 8 heteroatoms. The van der Waals surface area contributed by atoms with Crippen molar-refractivity contribution in [3.63, 3.8) is 0 Å². The number of aryl methyl sites for hydroxylation is 1. The minimum absolute atomic E-state index is 0.138. The Labute approximate surface area is 175 Å². The van der Waals surface area contributed by atoms with Crippen molar-refractivity contribution in [2.45, 2.75) is 38.6 Å². The minimum atomic E-state index is -0.138. The number of aromatic nitrogens is 5. The first-order valence-corrected chi connectivity index (χ1v) is 10.7. The van der Waals surface area contributed by atoms with Crippen LogP contribution >= 0.6 is 0 Å². The van der Waals surface area contributed by atoms with Gasteiger partial charge in [0.1, 0.15) is 22.9 Å². The van der Waals surface area contributed by atoms with Gasteiger partial charge in [0.05, 0.1) is 12.7 Å². The standard InChI is InChI=1S/C22H24N8/c1-3-22-10-7-12-29(22)19-17(30-15(2)26-27-20(22)30)14-24-21(25-19)28-13-11-23-18(28)16-8-5-4-6-9-16/h4-6,8-9,14H,3,7,10-13H2,1-2H3. The van der Waals surface area contributed by atoms with E-state index in [0.717, 1.165) is 73.4 Å². The molecule has 8 nitrogen and oxygen atoms in total. The van der Waals surface area contributed by atoms with E-state index >= 15 is 0 Å². The zero-order valence-electron chi connectivity index (χ0n) is 17.3. The highest BCUT2D eigenvalue weighted by Gasteiger charge is 2.50. The molecule has 152 valence electrons. The van der Waals surface area contributed by atoms with Gasteiger partial charge in [0.2, 0.25) is 5.95 Å². The van der Waals surface area contributed by atoms with Crippen LogP contribution in [0.5, 0.6) is 0 Å². The molecule has 30 heavy (non-hydrogen) atoms. The first kappa shape index (κ1) is 17.6. The molecule has 1 fully saturated rings. The SMILES string of the molecule is CCC12CCCN1c1nc(N3CCN=C3c3ccccc3)ncc1-n1c(C)nnc12. The molecule has 0 aliphatic carbocycles. The van der Waals surface area contributed by atoms with Crippen LogP contribution in [-0.4, -0.2) is 50.2 Å².